The number of H-pyrrole nitrogens is 1. The topological polar surface area (TPSA) is 62.7 Å². The summed E-state index contributed by atoms with van der Waals surface area (Å²) in [4.78, 5) is 17.2. The third-order valence-corrected chi connectivity index (χ3v) is 4.88. The van der Waals surface area contributed by atoms with Gasteiger partial charge in [0.1, 0.15) is 11.5 Å². The highest BCUT2D eigenvalue weighted by atomic mass is 35.5. The van der Waals surface area contributed by atoms with Crippen molar-refractivity contribution in [2.24, 2.45) is 0 Å². The van der Waals surface area contributed by atoms with E-state index >= 15 is 0 Å². The molecule has 3 heterocycles. The molecule has 4 rings (SSSR count). The first kappa shape index (κ1) is 17.9. The van der Waals surface area contributed by atoms with Crippen molar-refractivity contribution in [3.63, 3.8) is 0 Å². The van der Waals surface area contributed by atoms with Crippen LogP contribution in [0.3, 0.4) is 0 Å². The van der Waals surface area contributed by atoms with Crippen molar-refractivity contribution in [2.45, 2.75) is 12.6 Å². The highest BCUT2D eigenvalue weighted by Crippen LogP contribution is 2.38. The molecule has 0 saturated carbocycles. The zero-order chi connectivity index (χ0) is 19.3. The standard InChI is InChI=1S/C17H11Cl2F3N4O/c18-11-6-8(17(20,21)22)7-12(19)14(11)26-16(27)10-3-5-24-15-9(13(10)25-26)2-1-4-23-15/h1-2,4,6-7,25H,3,5H2,(H,23,24). The van der Waals surface area contributed by atoms with E-state index in [0.29, 0.717) is 35.6 Å². The fourth-order valence-electron chi connectivity index (χ4n) is 3.08. The molecule has 27 heavy (non-hydrogen) atoms. The lowest BCUT2D eigenvalue weighted by Gasteiger charge is -2.12. The normalized spacial score (nSPS) is 13.5. The van der Waals surface area contributed by atoms with Crippen LogP contribution in [0.5, 0.6) is 0 Å². The number of halogens is 5. The van der Waals surface area contributed by atoms with Crippen LogP contribution in [-0.2, 0) is 12.6 Å². The van der Waals surface area contributed by atoms with Crippen LogP contribution in [0.1, 0.15) is 11.1 Å². The van der Waals surface area contributed by atoms with Crippen molar-refractivity contribution in [3.05, 3.63) is 62.0 Å². The smallest absolute Gasteiger partial charge is 0.369 e. The first-order chi connectivity index (χ1) is 12.8. The summed E-state index contributed by atoms with van der Waals surface area (Å²) in [5, 5.41) is 5.50. The van der Waals surface area contributed by atoms with E-state index in [4.69, 9.17) is 23.2 Å². The van der Waals surface area contributed by atoms with Crippen molar-refractivity contribution in [2.75, 3.05) is 11.9 Å². The van der Waals surface area contributed by atoms with Crippen LogP contribution in [-0.4, -0.2) is 21.3 Å². The summed E-state index contributed by atoms with van der Waals surface area (Å²) >= 11 is 12.1. The quantitative estimate of drug-likeness (QED) is 0.615. The average Bonchev–Trinajstić information content (AvgIpc) is 2.80. The van der Waals surface area contributed by atoms with Gasteiger partial charge in [0.15, 0.2) is 0 Å². The number of nitrogens with one attached hydrogen (secondary N) is 2. The van der Waals surface area contributed by atoms with Gasteiger partial charge in [0.05, 0.1) is 21.3 Å². The number of benzene rings is 1. The minimum Gasteiger partial charge on any atom is -0.369 e. The molecule has 0 fully saturated rings. The lowest BCUT2D eigenvalue weighted by atomic mass is 10.1. The number of alkyl halides is 3. The molecule has 0 aliphatic carbocycles. The third-order valence-electron chi connectivity index (χ3n) is 4.30. The van der Waals surface area contributed by atoms with Gasteiger partial charge in [-0.15, -0.1) is 0 Å². The molecule has 0 bridgehead atoms. The van der Waals surface area contributed by atoms with E-state index in [1.165, 1.54) is 0 Å². The second-order valence-electron chi connectivity index (χ2n) is 5.97. The average molecular weight is 415 g/mol. The number of aromatic nitrogens is 3. The van der Waals surface area contributed by atoms with E-state index < -0.39 is 17.3 Å². The van der Waals surface area contributed by atoms with Gasteiger partial charge in [-0.25, -0.2) is 9.67 Å². The molecule has 0 saturated heterocycles. The molecule has 0 spiro atoms. The SMILES string of the molecule is O=c1c2c([nH]n1-c1c(Cl)cc(C(F)(F)F)cc1Cl)-c1cccnc1NCC2. The predicted molar refractivity (Wildman–Crippen MR) is 96.8 cm³/mol. The van der Waals surface area contributed by atoms with Crippen LogP contribution >= 0.6 is 23.2 Å². The van der Waals surface area contributed by atoms with Crippen LogP contribution in [0.4, 0.5) is 19.0 Å². The number of nitrogens with zero attached hydrogens (tertiary/aromatic N) is 2. The first-order valence-electron chi connectivity index (χ1n) is 7.87. The maximum atomic E-state index is 12.9. The molecule has 0 unspecified atom stereocenters. The highest BCUT2D eigenvalue weighted by Gasteiger charge is 2.33. The van der Waals surface area contributed by atoms with E-state index in [1.54, 1.807) is 18.3 Å². The first-order valence-corrected chi connectivity index (χ1v) is 8.62. The van der Waals surface area contributed by atoms with E-state index in [2.05, 4.69) is 15.4 Å². The minimum absolute atomic E-state index is 0.0252. The van der Waals surface area contributed by atoms with Crippen molar-refractivity contribution in [3.8, 4) is 16.9 Å². The second kappa shape index (κ2) is 6.31. The zero-order valence-corrected chi connectivity index (χ0v) is 15.0. The number of fused-ring (bicyclic) bond motifs is 3. The minimum atomic E-state index is -4.60. The Balaban J connectivity index is 1.94. The number of hydrogen-bond acceptors (Lipinski definition) is 3. The molecule has 140 valence electrons. The van der Waals surface area contributed by atoms with Crippen molar-refractivity contribution < 1.29 is 13.2 Å². The zero-order valence-electron chi connectivity index (χ0n) is 13.5. The fourth-order valence-corrected chi connectivity index (χ4v) is 3.74. The summed E-state index contributed by atoms with van der Waals surface area (Å²) in [5.74, 6) is 0.606. The molecule has 0 atom stereocenters. The Labute approximate surface area is 160 Å². The number of aromatic amines is 1. The summed E-state index contributed by atoms with van der Waals surface area (Å²) in [6.07, 6.45) is -2.57. The Bertz CT molecular complexity index is 1080. The third kappa shape index (κ3) is 2.98. The number of rotatable bonds is 1. The Kier molecular flexibility index (Phi) is 4.20. The predicted octanol–water partition coefficient (Wildman–Crippen LogP) is 4.52. The summed E-state index contributed by atoms with van der Waals surface area (Å²) in [6.45, 7) is 0.485. The lowest BCUT2D eigenvalue weighted by molar-refractivity contribution is -0.137. The van der Waals surface area contributed by atoms with Gasteiger partial charge >= 0.3 is 6.18 Å². The summed E-state index contributed by atoms with van der Waals surface area (Å²) in [5.41, 5.74) is 0.248. The Hall–Kier alpha value is -2.45. The number of pyridine rings is 1. The van der Waals surface area contributed by atoms with Gasteiger partial charge in [-0.1, -0.05) is 23.2 Å². The molecule has 0 radical (unpaired) electrons. The largest absolute Gasteiger partial charge is 0.416 e. The highest BCUT2D eigenvalue weighted by molar-refractivity contribution is 6.37. The Morgan fingerprint density at radius 1 is 1.19 bits per heavy atom. The number of hydrogen-bond donors (Lipinski definition) is 2. The molecular weight excluding hydrogens is 404 g/mol. The second-order valence-corrected chi connectivity index (χ2v) is 6.78. The van der Waals surface area contributed by atoms with E-state index in [0.717, 1.165) is 16.8 Å². The van der Waals surface area contributed by atoms with E-state index in [1.807, 2.05) is 0 Å². The molecule has 1 aliphatic rings. The molecule has 3 aromatic rings. The van der Waals surface area contributed by atoms with Crippen molar-refractivity contribution in [1.82, 2.24) is 14.8 Å². The molecule has 1 aromatic carbocycles. The van der Waals surface area contributed by atoms with Crippen LogP contribution in [0.15, 0.2) is 35.3 Å². The van der Waals surface area contributed by atoms with Crippen molar-refractivity contribution >= 4 is 29.0 Å². The van der Waals surface area contributed by atoms with Crippen LogP contribution in [0.2, 0.25) is 10.0 Å². The van der Waals surface area contributed by atoms with Gasteiger partial charge in [-0.2, -0.15) is 13.2 Å². The van der Waals surface area contributed by atoms with E-state index in [-0.39, 0.29) is 15.7 Å². The fraction of sp³-hybridized carbons (Fsp3) is 0.176. The summed E-state index contributed by atoms with van der Waals surface area (Å²) in [7, 11) is 0. The van der Waals surface area contributed by atoms with E-state index in [9.17, 15) is 18.0 Å². The van der Waals surface area contributed by atoms with Gasteiger partial charge in [-0.05, 0) is 30.7 Å². The Morgan fingerprint density at radius 2 is 1.89 bits per heavy atom. The van der Waals surface area contributed by atoms with Crippen LogP contribution in [0, 0.1) is 0 Å². The van der Waals surface area contributed by atoms with Gasteiger partial charge in [0.2, 0.25) is 0 Å². The van der Waals surface area contributed by atoms with Crippen molar-refractivity contribution in [1.29, 1.82) is 0 Å². The van der Waals surface area contributed by atoms with Gasteiger partial charge in [0.25, 0.3) is 5.56 Å². The molecule has 5 nitrogen and oxygen atoms in total. The number of anilines is 1. The molecule has 0 amide bonds. The molecule has 2 aromatic heterocycles. The lowest BCUT2D eigenvalue weighted by Crippen LogP contribution is -2.20. The van der Waals surface area contributed by atoms with Gasteiger partial charge in [-0.3, -0.25) is 9.89 Å². The Morgan fingerprint density at radius 3 is 2.56 bits per heavy atom. The van der Waals surface area contributed by atoms with Crippen LogP contribution in [0.25, 0.3) is 16.9 Å². The molecule has 1 aliphatic heterocycles. The van der Waals surface area contributed by atoms with Gasteiger partial charge < -0.3 is 5.32 Å². The van der Waals surface area contributed by atoms with Crippen LogP contribution < -0.4 is 10.9 Å². The molecule has 2 N–H and O–H groups in total. The summed E-state index contributed by atoms with van der Waals surface area (Å²) < 4.78 is 39.9. The molecular formula is C17H11Cl2F3N4O. The molecule has 10 heteroatoms. The maximum Gasteiger partial charge on any atom is 0.416 e. The summed E-state index contributed by atoms with van der Waals surface area (Å²) in [6, 6.07) is 5.01. The maximum absolute atomic E-state index is 12.9. The monoisotopic (exact) mass is 414 g/mol. The van der Waals surface area contributed by atoms with Gasteiger partial charge in [0, 0.05) is 23.9 Å².